The van der Waals surface area contributed by atoms with Crippen molar-refractivity contribution in [1.82, 2.24) is 4.90 Å². The molecule has 2 heterocycles. The van der Waals surface area contributed by atoms with Crippen molar-refractivity contribution in [3.8, 4) is 0 Å². The number of carbonyl (C=O) groups is 1. The van der Waals surface area contributed by atoms with Crippen LogP contribution in [-0.2, 0) is 4.79 Å². The number of amidine groups is 1. The van der Waals surface area contributed by atoms with E-state index in [0.717, 1.165) is 24.2 Å². The van der Waals surface area contributed by atoms with E-state index in [4.69, 9.17) is 10.9 Å². The SMILES string of the molecule is NC(=NO)C1CCN(C(=O)C2CSc3ccccc32)CC1. The van der Waals surface area contributed by atoms with Gasteiger partial charge in [0.15, 0.2) is 0 Å². The molecule has 0 saturated carbocycles. The van der Waals surface area contributed by atoms with Crippen LogP contribution in [0.25, 0.3) is 0 Å². The highest BCUT2D eigenvalue weighted by molar-refractivity contribution is 7.99. The van der Waals surface area contributed by atoms with Gasteiger partial charge in [0.05, 0.1) is 5.92 Å². The van der Waals surface area contributed by atoms with E-state index in [9.17, 15) is 4.79 Å². The fourth-order valence-corrected chi connectivity index (χ4v) is 4.28. The molecule has 1 atom stereocenters. The van der Waals surface area contributed by atoms with Gasteiger partial charge in [0.25, 0.3) is 0 Å². The summed E-state index contributed by atoms with van der Waals surface area (Å²) in [6.07, 6.45) is 1.53. The predicted octanol–water partition coefficient (Wildman–Crippen LogP) is 1.86. The minimum atomic E-state index is -0.0217. The Kier molecular flexibility index (Phi) is 4.05. The Bertz CT molecular complexity index is 568. The number of fused-ring (bicyclic) bond motifs is 1. The van der Waals surface area contributed by atoms with Crippen molar-refractivity contribution in [3.63, 3.8) is 0 Å². The summed E-state index contributed by atoms with van der Waals surface area (Å²) >= 11 is 1.76. The number of hydrogen-bond donors (Lipinski definition) is 2. The molecule has 3 rings (SSSR count). The Labute approximate surface area is 128 Å². The van der Waals surface area contributed by atoms with Crippen LogP contribution in [0.2, 0.25) is 0 Å². The second-order valence-electron chi connectivity index (χ2n) is 5.53. The summed E-state index contributed by atoms with van der Waals surface area (Å²) in [7, 11) is 0. The highest BCUT2D eigenvalue weighted by Gasteiger charge is 2.34. The summed E-state index contributed by atoms with van der Waals surface area (Å²) in [4.78, 5) is 15.9. The van der Waals surface area contributed by atoms with Gasteiger partial charge >= 0.3 is 0 Å². The molecule has 2 aliphatic rings. The molecule has 6 heteroatoms. The van der Waals surface area contributed by atoms with Gasteiger partial charge in [0.2, 0.25) is 5.91 Å². The highest BCUT2D eigenvalue weighted by atomic mass is 32.2. The van der Waals surface area contributed by atoms with Gasteiger partial charge in [0, 0.05) is 29.7 Å². The third-order valence-electron chi connectivity index (χ3n) is 4.34. The molecule has 112 valence electrons. The van der Waals surface area contributed by atoms with Crippen LogP contribution in [-0.4, -0.2) is 40.7 Å². The van der Waals surface area contributed by atoms with Gasteiger partial charge in [-0.25, -0.2) is 0 Å². The number of likely N-dealkylation sites (tertiary alicyclic amines) is 1. The molecule has 1 aromatic rings. The lowest BCUT2D eigenvalue weighted by Crippen LogP contribution is -2.43. The topological polar surface area (TPSA) is 78.9 Å². The van der Waals surface area contributed by atoms with Gasteiger partial charge in [-0.05, 0) is 24.5 Å². The number of hydrogen-bond acceptors (Lipinski definition) is 4. The fourth-order valence-electron chi connectivity index (χ4n) is 3.06. The molecule has 1 aromatic carbocycles. The van der Waals surface area contributed by atoms with Gasteiger partial charge in [-0.3, -0.25) is 4.79 Å². The molecule has 21 heavy (non-hydrogen) atoms. The standard InChI is InChI=1S/C15H19N3O2S/c16-14(17-20)10-5-7-18(8-6-10)15(19)12-9-21-13-4-2-1-3-11(12)13/h1-4,10,12,20H,5-9H2,(H2,16,17). The van der Waals surface area contributed by atoms with Gasteiger partial charge in [-0.2, -0.15) is 0 Å². The highest BCUT2D eigenvalue weighted by Crippen LogP contribution is 2.40. The summed E-state index contributed by atoms with van der Waals surface area (Å²) in [6.45, 7) is 1.37. The third kappa shape index (κ3) is 2.72. The Morgan fingerprint density at radius 2 is 2.05 bits per heavy atom. The maximum atomic E-state index is 12.7. The van der Waals surface area contributed by atoms with Crippen LogP contribution in [0.4, 0.5) is 0 Å². The van der Waals surface area contributed by atoms with Crippen molar-refractivity contribution in [2.75, 3.05) is 18.8 Å². The quantitative estimate of drug-likeness (QED) is 0.378. The minimum Gasteiger partial charge on any atom is -0.409 e. The lowest BCUT2D eigenvalue weighted by molar-refractivity contribution is -0.133. The summed E-state index contributed by atoms with van der Waals surface area (Å²) in [5, 5.41) is 11.8. The number of carbonyl (C=O) groups excluding carboxylic acids is 1. The summed E-state index contributed by atoms with van der Waals surface area (Å²) < 4.78 is 0. The number of oxime groups is 1. The van der Waals surface area contributed by atoms with E-state index in [1.165, 1.54) is 4.90 Å². The van der Waals surface area contributed by atoms with Crippen LogP contribution in [0, 0.1) is 5.92 Å². The molecule has 1 fully saturated rings. The largest absolute Gasteiger partial charge is 0.409 e. The van der Waals surface area contributed by atoms with Crippen molar-refractivity contribution in [2.45, 2.75) is 23.7 Å². The van der Waals surface area contributed by atoms with E-state index in [2.05, 4.69) is 17.3 Å². The van der Waals surface area contributed by atoms with E-state index < -0.39 is 0 Å². The monoisotopic (exact) mass is 305 g/mol. The molecule has 5 nitrogen and oxygen atoms in total. The Balaban J connectivity index is 1.66. The fraction of sp³-hybridized carbons (Fsp3) is 0.467. The van der Waals surface area contributed by atoms with Crippen molar-refractivity contribution < 1.29 is 10.0 Å². The number of rotatable bonds is 2. The number of piperidine rings is 1. The molecular formula is C15H19N3O2S. The predicted molar refractivity (Wildman–Crippen MR) is 82.6 cm³/mol. The smallest absolute Gasteiger partial charge is 0.231 e. The second kappa shape index (κ2) is 5.97. The minimum absolute atomic E-state index is 0.0217. The first-order valence-electron chi connectivity index (χ1n) is 7.18. The van der Waals surface area contributed by atoms with Gasteiger partial charge in [0.1, 0.15) is 5.84 Å². The summed E-state index contributed by atoms with van der Waals surface area (Å²) in [5.41, 5.74) is 6.81. The number of thioether (sulfide) groups is 1. The van der Waals surface area contributed by atoms with E-state index >= 15 is 0 Å². The van der Waals surface area contributed by atoms with Gasteiger partial charge < -0.3 is 15.8 Å². The maximum absolute atomic E-state index is 12.7. The summed E-state index contributed by atoms with van der Waals surface area (Å²) in [5.74, 6) is 1.39. The van der Waals surface area contributed by atoms with E-state index in [-0.39, 0.29) is 23.6 Å². The Morgan fingerprint density at radius 3 is 2.76 bits per heavy atom. The molecule has 0 aliphatic carbocycles. The molecule has 0 aromatic heterocycles. The average molecular weight is 305 g/mol. The van der Waals surface area contributed by atoms with Crippen molar-refractivity contribution >= 4 is 23.5 Å². The number of benzene rings is 1. The zero-order chi connectivity index (χ0) is 14.8. The molecule has 1 saturated heterocycles. The van der Waals surface area contributed by atoms with Crippen molar-refractivity contribution in [2.24, 2.45) is 16.8 Å². The summed E-state index contributed by atoms with van der Waals surface area (Å²) in [6, 6.07) is 8.15. The van der Waals surface area contributed by atoms with Crippen LogP contribution in [0.1, 0.15) is 24.3 Å². The third-order valence-corrected chi connectivity index (χ3v) is 5.52. The molecule has 2 aliphatic heterocycles. The molecule has 0 bridgehead atoms. The van der Waals surface area contributed by atoms with Crippen molar-refractivity contribution in [1.29, 1.82) is 0 Å². The van der Waals surface area contributed by atoms with Crippen LogP contribution < -0.4 is 5.73 Å². The van der Waals surface area contributed by atoms with Crippen LogP contribution >= 0.6 is 11.8 Å². The zero-order valence-corrected chi connectivity index (χ0v) is 12.6. The average Bonchev–Trinajstić information content (AvgIpc) is 2.97. The molecular weight excluding hydrogens is 286 g/mol. The Morgan fingerprint density at radius 1 is 1.33 bits per heavy atom. The number of nitrogens with zero attached hydrogens (tertiary/aromatic N) is 2. The normalized spacial score (nSPS) is 23.1. The van der Waals surface area contributed by atoms with Crippen LogP contribution in [0.3, 0.4) is 0 Å². The molecule has 3 N–H and O–H groups in total. The molecule has 0 radical (unpaired) electrons. The van der Waals surface area contributed by atoms with E-state index in [0.29, 0.717) is 13.1 Å². The Hall–Kier alpha value is -1.69. The first kappa shape index (κ1) is 14.3. The first-order chi connectivity index (χ1) is 10.2. The lowest BCUT2D eigenvalue weighted by Gasteiger charge is -2.33. The number of amides is 1. The lowest BCUT2D eigenvalue weighted by atomic mass is 9.93. The first-order valence-corrected chi connectivity index (χ1v) is 8.17. The van der Waals surface area contributed by atoms with Gasteiger partial charge in [-0.15, -0.1) is 11.8 Å². The van der Waals surface area contributed by atoms with Crippen LogP contribution in [0.15, 0.2) is 34.3 Å². The van der Waals surface area contributed by atoms with Crippen molar-refractivity contribution in [3.05, 3.63) is 29.8 Å². The van der Waals surface area contributed by atoms with E-state index in [1.54, 1.807) is 11.8 Å². The van der Waals surface area contributed by atoms with Crippen LogP contribution in [0.5, 0.6) is 0 Å². The maximum Gasteiger partial charge on any atom is 0.231 e. The molecule has 0 spiro atoms. The van der Waals surface area contributed by atoms with Gasteiger partial charge in [-0.1, -0.05) is 23.4 Å². The van der Waals surface area contributed by atoms with E-state index in [1.807, 2.05) is 17.0 Å². The zero-order valence-electron chi connectivity index (χ0n) is 11.7. The second-order valence-corrected chi connectivity index (χ2v) is 6.59. The molecule has 1 amide bonds. The number of nitrogens with two attached hydrogens (primary N) is 1. The molecule has 1 unspecified atom stereocenters.